The fraction of sp³-hybridized carbons (Fsp3) is 0.556. The minimum atomic E-state index is 0.447. The van der Waals surface area contributed by atoms with Gasteiger partial charge in [-0.15, -0.1) is 11.3 Å². The molecule has 0 fully saturated rings. The average Bonchev–Trinajstić information content (AvgIpc) is 2.57. The fourth-order valence-corrected chi connectivity index (χ4v) is 2.36. The van der Waals surface area contributed by atoms with Crippen molar-refractivity contribution in [3.63, 3.8) is 0 Å². The molecule has 0 aliphatic heterocycles. The van der Waals surface area contributed by atoms with Crippen molar-refractivity contribution in [1.29, 1.82) is 0 Å². The summed E-state index contributed by atoms with van der Waals surface area (Å²) in [5, 5.41) is 1.05. The van der Waals surface area contributed by atoms with Crippen molar-refractivity contribution in [2.45, 2.75) is 19.8 Å². The second-order valence-electron chi connectivity index (χ2n) is 2.84. The number of thiazole rings is 1. The lowest BCUT2D eigenvalue weighted by atomic mass is 10.3. The lowest BCUT2D eigenvalue weighted by Crippen LogP contribution is -2.09. The zero-order valence-corrected chi connectivity index (χ0v) is 10.0. The van der Waals surface area contributed by atoms with Crippen LogP contribution in [0.2, 0.25) is 0 Å². The van der Waals surface area contributed by atoms with E-state index in [1.807, 2.05) is 0 Å². The number of nitrogens with zero attached hydrogens (tertiary/aromatic N) is 1. The van der Waals surface area contributed by atoms with Gasteiger partial charge < -0.3 is 10.5 Å². The van der Waals surface area contributed by atoms with E-state index in [2.05, 4.69) is 11.9 Å². The van der Waals surface area contributed by atoms with Gasteiger partial charge in [0, 0.05) is 13.5 Å². The molecule has 78 valence electrons. The molecule has 0 amide bonds. The number of nitrogens with two attached hydrogens (primary N) is 1. The second kappa shape index (κ2) is 5.38. The Bertz CT molecular complexity index is 323. The van der Waals surface area contributed by atoms with Crippen molar-refractivity contribution in [1.82, 2.24) is 4.98 Å². The van der Waals surface area contributed by atoms with Crippen molar-refractivity contribution >= 4 is 28.5 Å². The Morgan fingerprint density at radius 1 is 1.64 bits per heavy atom. The summed E-state index contributed by atoms with van der Waals surface area (Å²) in [5.74, 6) is 0. The highest BCUT2D eigenvalue weighted by molar-refractivity contribution is 7.81. The van der Waals surface area contributed by atoms with Crippen LogP contribution in [0.4, 0.5) is 0 Å². The van der Waals surface area contributed by atoms with Crippen LogP contribution in [0.25, 0.3) is 0 Å². The fourth-order valence-electron chi connectivity index (χ4n) is 1.13. The summed E-state index contributed by atoms with van der Waals surface area (Å²) in [7, 11) is 1.68. The van der Waals surface area contributed by atoms with E-state index in [-0.39, 0.29) is 0 Å². The van der Waals surface area contributed by atoms with Crippen molar-refractivity contribution < 1.29 is 4.74 Å². The normalized spacial score (nSPS) is 10.4. The predicted octanol–water partition coefficient (Wildman–Crippen LogP) is 1.53. The van der Waals surface area contributed by atoms with Gasteiger partial charge in [0.25, 0.3) is 0 Å². The third kappa shape index (κ3) is 2.73. The minimum absolute atomic E-state index is 0.447. The molecule has 0 radical (unpaired) electrons. The Kier molecular flexibility index (Phi) is 4.44. The summed E-state index contributed by atoms with van der Waals surface area (Å²) >= 11 is 6.53. The molecule has 5 heteroatoms. The van der Waals surface area contributed by atoms with Crippen molar-refractivity contribution in [2.24, 2.45) is 5.73 Å². The molecule has 1 aromatic rings. The van der Waals surface area contributed by atoms with E-state index in [0.29, 0.717) is 11.6 Å². The quantitative estimate of drug-likeness (QED) is 0.779. The van der Waals surface area contributed by atoms with Crippen molar-refractivity contribution in [3.8, 4) is 0 Å². The molecule has 1 rings (SSSR count). The number of ether oxygens (including phenoxy) is 1. The molecule has 2 N–H and O–H groups in total. The number of hydrogen-bond donors (Lipinski definition) is 1. The number of rotatable bonds is 5. The first kappa shape index (κ1) is 11.6. The number of methoxy groups -OCH3 is 1. The monoisotopic (exact) mass is 230 g/mol. The molecule has 0 bridgehead atoms. The number of aromatic nitrogens is 1. The summed E-state index contributed by atoms with van der Waals surface area (Å²) < 4.78 is 4.99. The molecular formula is C9H14N2OS2. The Balaban J connectivity index is 2.83. The van der Waals surface area contributed by atoms with E-state index in [4.69, 9.17) is 22.7 Å². The van der Waals surface area contributed by atoms with E-state index in [0.717, 1.165) is 28.4 Å². The molecule has 0 aliphatic rings. The van der Waals surface area contributed by atoms with E-state index >= 15 is 0 Å². The maximum absolute atomic E-state index is 5.60. The minimum Gasteiger partial charge on any atom is -0.389 e. The van der Waals surface area contributed by atoms with E-state index in [1.165, 1.54) is 0 Å². The van der Waals surface area contributed by atoms with Gasteiger partial charge in [-0.25, -0.2) is 4.98 Å². The van der Waals surface area contributed by atoms with Crippen LogP contribution in [0.15, 0.2) is 0 Å². The van der Waals surface area contributed by atoms with Gasteiger partial charge in [-0.2, -0.15) is 0 Å². The molecule has 0 saturated carbocycles. The van der Waals surface area contributed by atoms with Gasteiger partial charge in [0.2, 0.25) is 0 Å². The van der Waals surface area contributed by atoms with E-state index in [9.17, 15) is 0 Å². The third-order valence-corrected chi connectivity index (χ3v) is 3.34. The van der Waals surface area contributed by atoms with Gasteiger partial charge in [-0.3, -0.25) is 0 Å². The Hall–Kier alpha value is -0.520. The van der Waals surface area contributed by atoms with Gasteiger partial charge in [-0.1, -0.05) is 19.1 Å². The topological polar surface area (TPSA) is 48.1 Å². The smallest absolute Gasteiger partial charge is 0.116 e. The van der Waals surface area contributed by atoms with Crippen LogP contribution in [-0.2, 0) is 17.6 Å². The van der Waals surface area contributed by atoms with E-state index in [1.54, 1.807) is 18.4 Å². The SMILES string of the molecule is CCc1nc(CCOC)sc1C(N)=S. The molecule has 3 nitrogen and oxygen atoms in total. The molecule has 14 heavy (non-hydrogen) atoms. The Morgan fingerprint density at radius 2 is 2.36 bits per heavy atom. The van der Waals surface area contributed by atoms with Crippen LogP contribution >= 0.6 is 23.6 Å². The molecule has 1 heterocycles. The standard InChI is InChI=1S/C9H14N2OS2/c1-3-6-8(9(10)13)14-7(11-6)4-5-12-2/h3-5H2,1-2H3,(H2,10,13). The van der Waals surface area contributed by atoms with Crippen LogP contribution in [0.1, 0.15) is 22.5 Å². The first-order valence-electron chi connectivity index (χ1n) is 4.46. The predicted molar refractivity (Wildman–Crippen MR) is 63.0 cm³/mol. The summed E-state index contributed by atoms with van der Waals surface area (Å²) in [4.78, 5) is 5.86. The summed E-state index contributed by atoms with van der Waals surface area (Å²) in [6, 6.07) is 0. The third-order valence-electron chi connectivity index (χ3n) is 1.82. The van der Waals surface area contributed by atoms with Gasteiger partial charge >= 0.3 is 0 Å². The summed E-state index contributed by atoms with van der Waals surface area (Å²) in [5.41, 5.74) is 6.61. The first-order chi connectivity index (χ1) is 6.69. The Labute approximate surface area is 93.3 Å². The average molecular weight is 230 g/mol. The largest absolute Gasteiger partial charge is 0.389 e. The van der Waals surface area contributed by atoms with Crippen molar-refractivity contribution in [3.05, 3.63) is 15.6 Å². The lowest BCUT2D eigenvalue weighted by Gasteiger charge is -1.93. The zero-order valence-electron chi connectivity index (χ0n) is 8.37. The second-order valence-corrected chi connectivity index (χ2v) is 4.37. The Morgan fingerprint density at radius 3 is 2.79 bits per heavy atom. The lowest BCUT2D eigenvalue weighted by molar-refractivity contribution is 0.202. The zero-order chi connectivity index (χ0) is 10.6. The maximum Gasteiger partial charge on any atom is 0.116 e. The molecule has 0 aromatic carbocycles. The molecule has 0 atom stereocenters. The van der Waals surface area contributed by atoms with Gasteiger partial charge in [-0.05, 0) is 6.42 Å². The van der Waals surface area contributed by atoms with Gasteiger partial charge in [0.05, 0.1) is 22.2 Å². The van der Waals surface area contributed by atoms with Crippen LogP contribution in [0.5, 0.6) is 0 Å². The molecule has 0 aliphatic carbocycles. The summed E-state index contributed by atoms with van der Waals surface area (Å²) in [6.45, 7) is 2.74. The highest BCUT2D eigenvalue weighted by Gasteiger charge is 2.11. The van der Waals surface area contributed by atoms with E-state index < -0.39 is 0 Å². The van der Waals surface area contributed by atoms with Gasteiger partial charge in [0.1, 0.15) is 4.99 Å². The molecule has 0 unspecified atom stereocenters. The molecule has 1 aromatic heterocycles. The van der Waals surface area contributed by atoms with Crippen LogP contribution in [0, 0.1) is 0 Å². The summed E-state index contributed by atoms with van der Waals surface area (Å²) in [6.07, 6.45) is 1.70. The highest BCUT2D eigenvalue weighted by Crippen LogP contribution is 2.19. The first-order valence-corrected chi connectivity index (χ1v) is 5.68. The molecule has 0 saturated heterocycles. The van der Waals surface area contributed by atoms with Crippen LogP contribution in [-0.4, -0.2) is 23.7 Å². The highest BCUT2D eigenvalue weighted by atomic mass is 32.1. The number of thiocarbonyl (C=S) groups is 1. The molecular weight excluding hydrogens is 216 g/mol. The van der Waals surface area contributed by atoms with Crippen LogP contribution < -0.4 is 5.73 Å². The maximum atomic E-state index is 5.60. The number of hydrogen-bond acceptors (Lipinski definition) is 4. The number of aryl methyl sites for hydroxylation is 1. The van der Waals surface area contributed by atoms with Crippen LogP contribution in [0.3, 0.4) is 0 Å². The van der Waals surface area contributed by atoms with Gasteiger partial charge in [0.15, 0.2) is 0 Å². The molecule has 0 spiro atoms. The van der Waals surface area contributed by atoms with Crippen molar-refractivity contribution in [2.75, 3.05) is 13.7 Å².